The molecule has 0 radical (unpaired) electrons. The van der Waals surface area contributed by atoms with Crippen molar-refractivity contribution in [3.63, 3.8) is 0 Å². The summed E-state index contributed by atoms with van der Waals surface area (Å²) in [7, 11) is 0. The zero-order chi connectivity index (χ0) is 32.2. The summed E-state index contributed by atoms with van der Waals surface area (Å²) in [5.41, 5.74) is 1.88. The predicted molar refractivity (Wildman–Crippen MR) is 161 cm³/mol. The fraction of sp³-hybridized carbons (Fsp3) is 0.281. The van der Waals surface area contributed by atoms with Crippen molar-refractivity contribution in [2.45, 2.75) is 51.2 Å². The van der Waals surface area contributed by atoms with E-state index in [1.165, 1.54) is 43.3 Å². The van der Waals surface area contributed by atoms with E-state index >= 15 is 0 Å². The van der Waals surface area contributed by atoms with Crippen LogP contribution in [0, 0.1) is 0 Å². The van der Waals surface area contributed by atoms with E-state index in [1.54, 1.807) is 36.4 Å². The largest absolute Gasteiger partial charge is 0.508 e. The topological polar surface area (TPSA) is 194 Å². The van der Waals surface area contributed by atoms with Crippen LogP contribution < -0.4 is 21.3 Å². The number of imide groups is 1. The van der Waals surface area contributed by atoms with Crippen LogP contribution in [-0.2, 0) is 43.2 Å². The molecule has 3 aromatic carbocycles. The molecule has 0 unspecified atom stereocenters. The lowest BCUT2D eigenvalue weighted by atomic mass is 10.0. The third-order valence-electron chi connectivity index (χ3n) is 6.61. The zero-order valence-corrected chi connectivity index (χ0v) is 24.4. The molecule has 3 aromatic rings. The van der Waals surface area contributed by atoms with Crippen LogP contribution in [-0.4, -0.2) is 69.4 Å². The van der Waals surface area contributed by atoms with E-state index in [4.69, 9.17) is 0 Å². The van der Waals surface area contributed by atoms with E-state index in [-0.39, 0.29) is 48.8 Å². The van der Waals surface area contributed by atoms with Gasteiger partial charge in [-0.25, -0.2) is 0 Å². The van der Waals surface area contributed by atoms with Gasteiger partial charge in [0.15, 0.2) is 0 Å². The van der Waals surface area contributed by atoms with E-state index in [0.29, 0.717) is 16.7 Å². The summed E-state index contributed by atoms with van der Waals surface area (Å²) < 4.78 is 0. The molecule has 0 saturated carbocycles. The summed E-state index contributed by atoms with van der Waals surface area (Å²) in [4.78, 5) is 63.5. The van der Waals surface area contributed by atoms with Gasteiger partial charge in [-0.3, -0.25) is 34.6 Å². The Labute approximate surface area is 254 Å². The number of phenols is 3. The Morgan fingerprint density at radius 3 is 1.25 bits per heavy atom. The second-order valence-electron chi connectivity index (χ2n) is 10.4. The maximum Gasteiger partial charge on any atom is 0.249 e. The van der Waals surface area contributed by atoms with Crippen LogP contribution in [0.25, 0.3) is 0 Å². The number of nitrogens with one attached hydrogen (secondary N) is 4. The molecule has 0 spiro atoms. The third kappa shape index (κ3) is 10.9. The van der Waals surface area contributed by atoms with Crippen molar-refractivity contribution >= 4 is 29.4 Å². The zero-order valence-electron chi connectivity index (χ0n) is 24.4. The van der Waals surface area contributed by atoms with Gasteiger partial charge in [0, 0.05) is 19.8 Å². The molecule has 12 nitrogen and oxygen atoms in total. The van der Waals surface area contributed by atoms with E-state index < -0.39 is 41.8 Å². The molecule has 0 aliphatic rings. The molecule has 3 atom stereocenters. The Kier molecular flexibility index (Phi) is 12.0. The smallest absolute Gasteiger partial charge is 0.249 e. The molecule has 232 valence electrons. The lowest BCUT2D eigenvalue weighted by Gasteiger charge is -2.25. The quantitative estimate of drug-likeness (QED) is 0.141. The van der Waals surface area contributed by atoms with Crippen LogP contribution in [0.3, 0.4) is 0 Å². The number of rotatable bonds is 14. The van der Waals surface area contributed by atoms with Crippen LogP contribution in [0.2, 0.25) is 0 Å². The van der Waals surface area contributed by atoms with Gasteiger partial charge in [0.05, 0.1) is 12.6 Å². The molecular weight excluding hydrogens is 568 g/mol. The van der Waals surface area contributed by atoms with Gasteiger partial charge in [-0.1, -0.05) is 36.4 Å². The van der Waals surface area contributed by atoms with Crippen molar-refractivity contribution in [1.82, 2.24) is 21.3 Å². The third-order valence-corrected chi connectivity index (χ3v) is 6.61. The van der Waals surface area contributed by atoms with Crippen LogP contribution >= 0.6 is 0 Å². The molecule has 44 heavy (non-hydrogen) atoms. The Morgan fingerprint density at radius 2 is 0.886 bits per heavy atom. The number of Topliss-reactive ketones (excluding diaryl/α,β-unsaturated/α-hetero) is 1. The average Bonchev–Trinajstić information content (AvgIpc) is 2.97. The number of hydrogen-bond donors (Lipinski definition) is 7. The first-order valence-corrected chi connectivity index (χ1v) is 13.9. The summed E-state index contributed by atoms with van der Waals surface area (Å²) in [6.07, 6.45) is 0.100. The lowest BCUT2D eigenvalue weighted by molar-refractivity contribution is -0.134. The Hall–Kier alpha value is -5.23. The van der Waals surface area contributed by atoms with Crippen LogP contribution in [0.4, 0.5) is 0 Å². The lowest BCUT2D eigenvalue weighted by Crippen LogP contribution is -2.58. The van der Waals surface area contributed by atoms with Crippen molar-refractivity contribution in [3.05, 3.63) is 89.5 Å². The number of benzene rings is 3. The molecular formula is C32H36N4O8. The highest BCUT2D eigenvalue weighted by Crippen LogP contribution is 2.15. The van der Waals surface area contributed by atoms with Gasteiger partial charge in [-0.2, -0.15) is 0 Å². The molecule has 0 saturated heterocycles. The van der Waals surface area contributed by atoms with Crippen molar-refractivity contribution in [3.8, 4) is 17.2 Å². The maximum absolute atomic E-state index is 13.7. The highest BCUT2D eigenvalue weighted by molar-refractivity contribution is 5.99. The monoisotopic (exact) mass is 604 g/mol. The highest BCUT2D eigenvalue weighted by atomic mass is 16.3. The van der Waals surface area contributed by atoms with E-state index in [0.717, 1.165) is 6.92 Å². The van der Waals surface area contributed by atoms with Gasteiger partial charge in [0.2, 0.25) is 23.6 Å². The van der Waals surface area contributed by atoms with Crippen LogP contribution in [0.1, 0.15) is 30.5 Å². The first kappa shape index (κ1) is 33.3. The van der Waals surface area contributed by atoms with Crippen LogP contribution in [0.15, 0.2) is 72.8 Å². The molecule has 12 heteroatoms. The SMILES string of the molecule is CC(=O)CN[C@@H](Cc1ccc(O)cc1)C(=O)N[C@@H](Cc1ccc(O)cc1)C(=O)N[C@@H](Cc1ccc(O)cc1)C(=O)NC(C)=O. The van der Waals surface area contributed by atoms with Gasteiger partial charge in [0.25, 0.3) is 0 Å². The summed E-state index contributed by atoms with van der Waals surface area (Å²) in [5.74, 6) is -2.83. The second-order valence-corrected chi connectivity index (χ2v) is 10.4. The number of carbonyl (C=O) groups excluding carboxylic acids is 5. The first-order valence-electron chi connectivity index (χ1n) is 13.9. The molecule has 0 aliphatic carbocycles. The second kappa shape index (κ2) is 15.8. The minimum absolute atomic E-state index is 0.0102. The molecule has 0 heterocycles. The average molecular weight is 605 g/mol. The summed E-state index contributed by atoms with van der Waals surface area (Å²) in [6, 6.07) is 14.9. The first-order chi connectivity index (χ1) is 20.9. The van der Waals surface area contributed by atoms with E-state index in [2.05, 4.69) is 21.3 Å². The number of aromatic hydroxyl groups is 3. The van der Waals surface area contributed by atoms with Crippen molar-refractivity contribution in [2.24, 2.45) is 0 Å². The van der Waals surface area contributed by atoms with Crippen molar-refractivity contribution in [1.29, 1.82) is 0 Å². The molecule has 4 amide bonds. The van der Waals surface area contributed by atoms with E-state index in [9.17, 15) is 39.3 Å². The minimum atomic E-state index is -1.21. The van der Waals surface area contributed by atoms with Gasteiger partial charge in [-0.15, -0.1) is 0 Å². The number of phenolic OH excluding ortho intramolecular Hbond substituents is 3. The number of carbonyl (C=O) groups is 5. The summed E-state index contributed by atoms with van der Waals surface area (Å²) >= 11 is 0. The fourth-order valence-electron chi connectivity index (χ4n) is 4.35. The minimum Gasteiger partial charge on any atom is -0.508 e. The summed E-state index contributed by atoms with van der Waals surface area (Å²) in [6.45, 7) is 2.42. The molecule has 0 fully saturated rings. The van der Waals surface area contributed by atoms with Crippen molar-refractivity contribution in [2.75, 3.05) is 6.54 Å². The Morgan fingerprint density at radius 1 is 0.545 bits per heavy atom. The molecule has 3 rings (SSSR count). The van der Waals surface area contributed by atoms with E-state index in [1.807, 2.05) is 0 Å². The highest BCUT2D eigenvalue weighted by Gasteiger charge is 2.30. The fourth-order valence-corrected chi connectivity index (χ4v) is 4.35. The maximum atomic E-state index is 13.7. The van der Waals surface area contributed by atoms with Gasteiger partial charge in [-0.05, 0) is 66.4 Å². The normalized spacial score (nSPS) is 12.8. The standard InChI is InChI=1S/C32H36N4O8/c1-19(37)18-33-27(15-21-3-9-24(39)10-4-21)30(42)35-29(17-23-7-13-26(41)14-8-23)32(44)36-28(31(43)34-20(2)38)16-22-5-11-25(40)12-6-22/h3-14,27-29,33,39-41H,15-18H2,1-2H3,(H,35,42)(H,36,44)(H,34,38,43)/t27-,28-,29-/m0/s1. The predicted octanol–water partition coefficient (Wildman–Crippen LogP) is 1.01. The van der Waals surface area contributed by atoms with Gasteiger partial charge >= 0.3 is 0 Å². The molecule has 7 N–H and O–H groups in total. The van der Waals surface area contributed by atoms with Gasteiger partial charge in [0.1, 0.15) is 35.1 Å². The number of amides is 4. The molecule has 0 aromatic heterocycles. The Bertz CT molecular complexity index is 1460. The molecule has 0 aliphatic heterocycles. The molecule has 0 bridgehead atoms. The van der Waals surface area contributed by atoms with Gasteiger partial charge < -0.3 is 26.0 Å². The van der Waals surface area contributed by atoms with Crippen molar-refractivity contribution < 1.29 is 39.3 Å². The number of ketones is 1. The summed E-state index contributed by atoms with van der Waals surface area (Å²) in [5, 5.41) is 39.4. The number of hydrogen-bond acceptors (Lipinski definition) is 9. The Balaban J connectivity index is 1.88. The van der Waals surface area contributed by atoms with Crippen LogP contribution in [0.5, 0.6) is 17.2 Å².